The lowest BCUT2D eigenvalue weighted by molar-refractivity contribution is -0.140. The largest absolute Gasteiger partial charge is 0.507 e. The smallest absolute Gasteiger partial charge is 0.308 e. The maximum Gasteiger partial charge on any atom is 0.308 e. The van der Waals surface area contributed by atoms with Gasteiger partial charge in [-0.15, -0.1) is 0 Å². The van der Waals surface area contributed by atoms with E-state index in [-0.39, 0.29) is 30.2 Å². The van der Waals surface area contributed by atoms with Gasteiger partial charge in [0.25, 0.3) is 11.7 Å². The van der Waals surface area contributed by atoms with Crippen molar-refractivity contribution in [2.75, 3.05) is 20.3 Å². The van der Waals surface area contributed by atoms with Crippen LogP contribution in [0.3, 0.4) is 0 Å². The van der Waals surface area contributed by atoms with Crippen LogP contribution < -0.4 is 4.74 Å². The van der Waals surface area contributed by atoms with Gasteiger partial charge in [-0.1, -0.05) is 40.2 Å². The Morgan fingerprint density at radius 1 is 1.17 bits per heavy atom. The van der Waals surface area contributed by atoms with E-state index in [2.05, 4.69) is 15.9 Å². The van der Waals surface area contributed by atoms with Gasteiger partial charge in [0.2, 0.25) is 0 Å². The number of hydrogen-bond donors (Lipinski definition) is 1. The van der Waals surface area contributed by atoms with Crippen LogP contribution in [-0.2, 0) is 19.1 Å². The summed E-state index contributed by atoms with van der Waals surface area (Å²) in [6, 6.07) is 12.4. The lowest BCUT2D eigenvalue weighted by atomic mass is 9.95. The highest BCUT2D eigenvalue weighted by atomic mass is 79.9. The van der Waals surface area contributed by atoms with E-state index < -0.39 is 23.7 Å². The molecule has 1 N–H and O–H groups in total. The van der Waals surface area contributed by atoms with Gasteiger partial charge in [-0.3, -0.25) is 14.4 Å². The lowest BCUT2D eigenvalue weighted by Crippen LogP contribution is -2.32. The number of methoxy groups -OCH3 is 1. The van der Waals surface area contributed by atoms with E-state index >= 15 is 0 Å². The molecule has 0 radical (unpaired) electrons. The normalized spacial score (nSPS) is 18.0. The number of carbonyl (C=O) groups is 3. The second-order valence-corrected chi connectivity index (χ2v) is 7.57. The minimum atomic E-state index is -0.848. The van der Waals surface area contributed by atoms with E-state index in [4.69, 9.17) is 9.47 Å². The van der Waals surface area contributed by atoms with Crippen molar-refractivity contribution in [1.29, 1.82) is 0 Å². The molecule has 1 fully saturated rings. The molecule has 1 atom stereocenters. The number of carbonyl (C=O) groups excluding carboxylic acids is 3. The van der Waals surface area contributed by atoms with E-state index in [1.807, 2.05) is 0 Å². The number of amides is 1. The zero-order chi connectivity index (χ0) is 21.8. The number of benzene rings is 2. The molecule has 156 valence electrons. The monoisotopic (exact) mass is 473 g/mol. The fraction of sp³-hybridized carbons (Fsp3) is 0.227. The summed E-state index contributed by atoms with van der Waals surface area (Å²) in [5.74, 6) is -2.00. The number of halogens is 1. The lowest BCUT2D eigenvalue weighted by Gasteiger charge is -2.25. The summed E-state index contributed by atoms with van der Waals surface area (Å²) in [7, 11) is 1.49. The van der Waals surface area contributed by atoms with Gasteiger partial charge in [0, 0.05) is 30.6 Å². The van der Waals surface area contributed by atoms with Gasteiger partial charge in [0.1, 0.15) is 11.5 Å². The molecule has 0 aliphatic carbocycles. The minimum Gasteiger partial charge on any atom is -0.507 e. The molecule has 2 aromatic rings. The number of Topliss-reactive ketones (excluding diaryl/α,β-unsaturated/α-hetero) is 1. The summed E-state index contributed by atoms with van der Waals surface area (Å²) in [5, 5.41) is 10.9. The number of likely N-dealkylation sites (tertiary alicyclic amines) is 1. The summed E-state index contributed by atoms with van der Waals surface area (Å²) in [6.07, 6.45) is 0. The Labute approximate surface area is 182 Å². The summed E-state index contributed by atoms with van der Waals surface area (Å²) in [5.41, 5.74) is 0.908. The number of ketones is 1. The van der Waals surface area contributed by atoms with Crippen LogP contribution in [0.5, 0.6) is 5.75 Å². The third-order valence-corrected chi connectivity index (χ3v) is 5.16. The Morgan fingerprint density at radius 3 is 2.50 bits per heavy atom. The fourth-order valence-corrected chi connectivity index (χ4v) is 3.59. The summed E-state index contributed by atoms with van der Waals surface area (Å²) < 4.78 is 11.0. The Bertz CT molecular complexity index is 1010. The molecule has 7 nitrogen and oxygen atoms in total. The Morgan fingerprint density at radius 2 is 1.87 bits per heavy atom. The number of ether oxygens (including phenoxy) is 2. The van der Waals surface area contributed by atoms with Crippen LogP contribution in [0.4, 0.5) is 0 Å². The second-order valence-electron chi connectivity index (χ2n) is 6.66. The van der Waals surface area contributed by atoms with Gasteiger partial charge in [0.05, 0.1) is 18.2 Å². The number of rotatable bonds is 6. The van der Waals surface area contributed by atoms with E-state index in [1.165, 1.54) is 18.9 Å². The van der Waals surface area contributed by atoms with Crippen molar-refractivity contribution in [3.05, 3.63) is 69.7 Å². The Balaban J connectivity index is 2.15. The fourth-order valence-electron chi connectivity index (χ4n) is 3.32. The molecule has 0 aromatic heterocycles. The van der Waals surface area contributed by atoms with Gasteiger partial charge in [-0.25, -0.2) is 0 Å². The zero-order valence-corrected chi connectivity index (χ0v) is 18.0. The topological polar surface area (TPSA) is 93.1 Å². The first kappa shape index (κ1) is 21.7. The van der Waals surface area contributed by atoms with E-state index in [9.17, 15) is 19.5 Å². The van der Waals surface area contributed by atoms with Gasteiger partial charge >= 0.3 is 5.97 Å². The number of aliphatic hydroxyl groups is 1. The van der Waals surface area contributed by atoms with Gasteiger partial charge in [-0.2, -0.15) is 0 Å². The Hall–Kier alpha value is -2.97. The average Bonchev–Trinajstić information content (AvgIpc) is 2.96. The van der Waals surface area contributed by atoms with Crippen molar-refractivity contribution in [2.45, 2.75) is 13.0 Å². The van der Waals surface area contributed by atoms with Crippen molar-refractivity contribution < 1.29 is 29.0 Å². The van der Waals surface area contributed by atoms with Crippen LogP contribution in [0.15, 0.2) is 58.6 Å². The zero-order valence-electron chi connectivity index (χ0n) is 16.4. The molecule has 1 aliphatic heterocycles. The molecule has 1 aliphatic rings. The molecule has 3 rings (SSSR count). The standard InChI is InChI=1S/C22H20BrNO6/c1-13(25)30-17-5-3-4-15(12-17)19-18(20(26)14-6-8-16(23)9-7-14)21(27)22(28)24(19)10-11-29-2/h3-9,12,19,26H,10-11H2,1-2H3/b20-18-. The summed E-state index contributed by atoms with van der Waals surface area (Å²) >= 11 is 3.33. The van der Waals surface area contributed by atoms with E-state index in [0.29, 0.717) is 11.1 Å². The van der Waals surface area contributed by atoms with Crippen LogP contribution in [-0.4, -0.2) is 47.9 Å². The Kier molecular flexibility index (Phi) is 6.69. The molecule has 1 amide bonds. The molecular formula is C22H20BrNO6. The summed E-state index contributed by atoms with van der Waals surface area (Å²) in [6.45, 7) is 1.65. The SMILES string of the molecule is COCCN1C(=O)C(=O)/C(=C(\O)c2ccc(Br)cc2)C1c1cccc(OC(C)=O)c1. The number of aliphatic hydroxyl groups excluding tert-OH is 1. The van der Waals surface area contributed by atoms with E-state index in [1.54, 1.807) is 48.5 Å². The molecule has 0 bridgehead atoms. The molecule has 2 aromatic carbocycles. The number of hydrogen-bond acceptors (Lipinski definition) is 6. The molecule has 1 heterocycles. The molecule has 1 saturated heterocycles. The maximum absolute atomic E-state index is 12.9. The van der Waals surface area contributed by atoms with Crippen LogP contribution in [0.2, 0.25) is 0 Å². The quantitative estimate of drug-likeness (QED) is 0.227. The third kappa shape index (κ3) is 4.44. The van der Waals surface area contributed by atoms with Crippen molar-refractivity contribution in [2.24, 2.45) is 0 Å². The highest BCUT2D eigenvalue weighted by Gasteiger charge is 2.46. The van der Waals surface area contributed by atoms with Crippen molar-refractivity contribution in [3.63, 3.8) is 0 Å². The summed E-state index contributed by atoms with van der Waals surface area (Å²) in [4.78, 5) is 38.3. The molecule has 0 spiro atoms. The molecule has 1 unspecified atom stereocenters. The van der Waals surface area contributed by atoms with Gasteiger partial charge in [-0.05, 0) is 29.8 Å². The van der Waals surface area contributed by atoms with Crippen LogP contribution in [0.1, 0.15) is 24.1 Å². The molecular weight excluding hydrogens is 454 g/mol. The van der Waals surface area contributed by atoms with Gasteiger partial charge in [0.15, 0.2) is 0 Å². The third-order valence-electron chi connectivity index (χ3n) is 4.63. The predicted molar refractivity (Wildman–Crippen MR) is 113 cm³/mol. The first-order chi connectivity index (χ1) is 14.3. The first-order valence-electron chi connectivity index (χ1n) is 9.15. The number of esters is 1. The second kappa shape index (κ2) is 9.23. The molecule has 0 saturated carbocycles. The van der Waals surface area contributed by atoms with Crippen molar-refractivity contribution in [1.82, 2.24) is 4.90 Å². The first-order valence-corrected chi connectivity index (χ1v) is 9.94. The van der Waals surface area contributed by atoms with Crippen molar-refractivity contribution >= 4 is 39.3 Å². The minimum absolute atomic E-state index is 0.0293. The maximum atomic E-state index is 12.9. The van der Waals surface area contributed by atoms with Crippen LogP contribution in [0.25, 0.3) is 5.76 Å². The van der Waals surface area contributed by atoms with Crippen molar-refractivity contribution in [3.8, 4) is 5.75 Å². The average molecular weight is 474 g/mol. The van der Waals surface area contributed by atoms with Gasteiger partial charge < -0.3 is 19.5 Å². The van der Waals surface area contributed by atoms with Crippen LogP contribution in [0, 0.1) is 0 Å². The van der Waals surface area contributed by atoms with E-state index in [0.717, 1.165) is 4.47 Å². The highest BCUT2D eigenvalue weighted by molar-refractivity contribution is 9.10. The highest BCUT2D eigenvalue weighted by Crippen LogP contribution is 2.40. The molecule has 8 heteroatoms. The predicted octanol–water partition coefficient (Wildman–Crippen LogP) is 3.44. The van der Waals surface area contributed by atoms with Crippen LogP contribution >= 0.6 is 15.9 Å². The molecule has 30 heavy (non-hydrogen) atoms. The number of nitrogens with zero attached hydrogens (tertiary/aromatic N) is 1.